The zero-order valence-corrected chi connectivity index (χ0v) is 10.9. The highest BCUT2D eigenvalue weighted by Crippen LogP contribution is 2.23. The van der Waals surface area contributed by atoms with Crippen LogP contribution in [0.1, 0.15) is 36.3 Å². The van der Waals surface area contributed by atoms with Crippen molar-refractivity contribution in [3.63, 3.8) is 0 Å². The standard InChI is InChI=1S/C12H15NO3S/c1-8(14)11-13-9(7-17-11)4-5-10-6-15-12(2,3)16-10/h4-5,7,10H,6H2,1-3H3/b5-4-. The normalized spacial score (nSPS) is 23.4. The van der Waals surface area contributed by atoms with Crippen LogP contribution in [0.4, 0.5) is 0 Å². The minimum absolute atomic E-state index is 0.00349. The Morgan fingerprint density at radius 2 is 2.41 bits per heavy atom. The van der Waals surface area contributed by atoms with Crippen molar-refractivity contribution in [2.45, 2.75) is 32.7 Å². The van der Waals surface area contributed by atoms with Gasteiger partial charge in [-0.05, 0) is 19.9 Å². The third-order valence-electron chi connectivity index (χ3n) is 2.34. The van der Waals surface area contributed by atoms with E-state index < -0.39 is 5.79 Å². The number of rotatable bonds is 3. The van der Waals surface area contributed by atoms with Crippen LogP contribution in [0.3, 0.4) is 0 Å². The summed E-state index contributed by atoms with van der Waals surface area (Å²) in [7, 11) is 0. The number of nitrogens with zero attached hydrogens (tertiary/aromatic N) is 1. The zero-order chi connectivity index (χ0) is 12.5. The largest absolute Gasteiger partial charge is 0.347 e. The summed E-state index contributed by atoms with van der Waals surface area (Å²) in [5.41, 5.74) is 0.786. The lowest BCUT2D eigenvalue weighted by molar-refractivity contribution is -0.133. The molecule has 92 valence electrons. The van der Waals surface area contributed by atoms with Crippen LogP contribution in [0.2, 0.25) is 0 Å². The van der Waals surface area contributed by atoms with Gasteiger partial charge in [0.05, 0.1) is 12.3 Å². The monoisotopic (exact) mass is 253 g/mol. The molecule has 0 N–H and O–H groups in total. The molecule has 1 atom stereocenters. The number of ketones is 1. The van der Waals surface area contributed by atoms with Crippen molar-refractivity contribution in [1.82, 2.24) is 4.98 Å². The van der Waals surface area contributed by atoms with E-state index in [1.165, 1.54) is 18.3 Å². The molecule has 17 heavy (non-hydrogen) atoms. The second kappa shape index (κ2) is 4.68. The lowest BCUT2D eigenvalue weighted by Crippen LogP contribution is -2.20. The summed E-state index contributed by atoms with van der Waals surface area (Å²) in [5.74, 6) is -0.516. The molecule has 1 saturated heterocycles. The topological polar surface area (TPSA) is 48.4 Å². The van der Waals surface area contributed by atoms with Gasteiger partial charge < -0.3 is 9.47 Å². The van der Waals surface area contributed by atoms with E-state index in [2.05, 4.69) is 4.98 Å². The number of hydrogen-bond donors (Lipinski definition) is 0. The number of carbonyl (C=O) groups is 1. The molecule has 1 aliphatic heterocycles. The van der Waals surface area contributed by atoms with Crippen LogP contribution in [-0.2, 0) is 9.47 Å². The van der Waals surface area contributed by atoms with Crippen molar-refractivity contribution in [3.05, 3.63) is 22.2 Å². The molecule has 0 aromatic carbocycles. The number of hydrogen-bond acceptors (Lipinski definition) is 5. The van der Waals surface area contributed by atoms with Gasteiger partial charge in [0.15, 0.2) is 16.6 Å². The van der Waals surface area contributed by atoms with Crippen molar-refractivity contribution in [1.29, 1.82) is 0 Å². The SMILES string of the molecule is CC(=O)c1nc(/C=C\C2COC(C)(C)O2)cs1. The number of thiazole rings is 1. The van der Waals surface area contributed by atoms with E-state index in [4.69, 9.17) is 9.47 Å². The van der Waals surface area contributed by atoms with Crippen molar-refractivity contribution < 1.29 is 14.3 Å². The molecule has 0 saturated carbocycles. The first-order chi connectivity index (χ1) is 7.96. The molecule has 2 rings (SSSR count). The molecule has 0 spiro atoms. The Hall–Kier alpha value is -1.04. The summed E-state index contributed by atoms with van der Waals surface area (Å²) in [4.78, 5) is 15.3. The molecule has 1 fully saturated rings. The Kier molecular flexibility index (Phi) is 3.42. The van der Waals surface area contributed by atoms with E-state index in [0.29, 0.717) is 11.6 Å². The van der Waals surface area contributed by atoms with Crippen molar-refractivity contribution in [2.24, 2.45) is 0 Å². The Bertz CT molecular complexity index is 450. The number of Topliss-reactive ketones (excluding diaryl/α,β-unsaturated/α-hetero) is 1. The van der Waals surface area contributed by atoms with Gasteiger partial charge in [0.1, 0.15) is 6.10 Å². The van der Waals surface area contributed by atoms with Gasteiger partial charge in [-0.3, -0.25) is 4.79 Å². The van der Waals surface area contributed by atoms with Crippen LogP contribution in [0.15, 0.2) is 11.5 Å². The van der Waals surface area contributed by atoms with E-state index >= 15 is 0 Å². The third-order valence-corrected chi connectivity index (χ3v) is 3.30. The first-order valence-electron chi connectivity index (χ1n) is 5.43. The molecule has 4 nitrogen and oxygen atoms in total. The van der Waals surface area contributed by atoms with E-state index in [-0.39, 0.29) is 11.9 Å². The first kappa shape index (κ1) is 12.4. The fourth-order valence-corrected chi connectivity index (χ4v) is 2.23. The molecule has 2 heterocycles. The maximum atomic E-state index is 11.1. The molecule has 0 radical (unpaired) electrons. The molecule has 1 unspecified atom stereocenters. The average molecular weight is 253 g/mol. The Morgan fingerprint density at radius 3 is 2.94 bits per heavy atom. The van der Waals surface area contributed by atoms with Gasteiger partial charge in [-0.2, -0.15) is 0 Å². The molecular formula is C12H15NO3S. The summed E-state index contributed by atoms with van der Waals surface area (Å²) in [6.07, 6.45) is 3.72. The minimum atomic E-state index is -0.512. The predicted octanol–water partition coefficient (Wildman–Crippen LogP) is 2.51. The summed E-state index contributed by atoms with van der Waals surface area (Å²) < 4.78 is 11.1. The summed E-state index contributed by atoms with van der Waals surface area (Å²) in [6.45, 7) is 5.84. The van der Waals surface area contributed by atoms with Crippen LogP contribution in [0.25, 0.3) is 6.08 Å². The van der Waals surface area contributed by atoms with Gasteiger partial charge in [-0.1, -0.05) is 6.08 Å². The molecule has 0 amide bonds. The average Bonchev–Trinajstić information content (AvgIpc) is 2.81. The number of ether oxygens (including phenoxy) is 2. The van der Waals surface area contributed by atoms with E-state index in [9.17, 15) is 4.79 Å². The lowest BCUT2D eigenvalue weighted by Gasteiger charge is -2.15. The lowest BCUT2D eigenvalue weighted by atomic mass is 10.3. The smallest absolute Gasteiger partial charge is 0.188 e. The Balaban J connectivity index is 1.98. The minimum Gasteiger partial charge on any atom is -0.347 e. The predicted molar refractivity (Wildman–Crippen MR) is 66.1 cm³/mol. The van der Waals surface area contributed by atoms with Gasteiger partial charge in [-0.25, -0.2) is 4.98 Å². The fourth-order valence-electron chi connectivity index (χ4n) is 1.54. The maximum Gasteiger partial charge on any atom is 0.188 e. The Morgan fingerprint density at radius 1 is 1.65 bits per heavy atom. The number of carbonyl (C=O) groups excluding carboxylic acids is 1. The molecule has 5 heteroatoms. The highest BCUT2D eigenvalue weighted by atomic mass is 32.1. The third kappa shape index (κ3) is 3.21. The highest BCUT2D eigenvalue weighted by molar-refractivity contribution is 7.11. The molecule has 0 bridgehead atoms. The van der Waals surface area contributed by atoms with Crippen LogP contribution in [0.5, 0.6) is 0 Å². The maximum absolute atomic E-state index is 11.1. The van der Waals surface area contributed by atoms with Crippen LogP contribution < -0.4 is 0 Å². The van der Waals surface area contributed by atoms with Gasteiger partial charge in [0.25, 0.3) is 0 Å². The fraction of sp³-hybridized carbons (Fsp3) is 0.500. The Labute approximate surface area is 104 Å². The molecule has 1 aromatic rings. The highest BCUT2D eigenvalue weighted by Gasteiger charge is 2.30. The number of aromatic nitrogens is 1. The van der Waals surface area contributed by atoms with Crippen molar-refractivity contribution >= 4 is 23.2 Å². The second-order valence-electron chi connectivity index (χ2n) is 4.36. The van der Waals surface area contributed by atoms with Gasteiger partial charge >= 0.3 is 0 Å². The van der Waals surface area contributed by atoms with Crippen LogP contribution in [0, 0.1) is 0 Å². The van der Waals surface area contributed by atoms with E-state index in [0.717, 1.165) is 5.69 Å². The summed E-state index contributed by atoms with van der Waals surface area (Å²) in [5, 5.41) is 2.39. The molecule has 0 aliphatic carbocycles. The first-order valence-corrected chi connectivity index (χ1v) is 6.31. The summed E-state index contributed by atoms with van der Waals surface area (Å²) in [6, 6.07) is 0. The van der Waals surface area contributed by atoms with Crippen LogP contribution in [-0.4, -0.2) is 29.3 Å². The van der Waals surface area contributed by atoms with Crippen molar-refractivity contribution in [2.75, 3.05) is 6.61 Å². The van der Waals surface area contributed by atoms with Gasteiger partial charge in [0.2, 0.25) is 0 Å². The molecule has 1 aromatic heterocycles. The molecular weight excluding hydrogens is 238 g/mol. The van der Waals surface area contributed by atoms with Crippen molar-refractivity contribution in [3.8, 4) is 0 Å². The zero-order valence-electron chi connectivity index (χ0n) is 10.1. The van der Waals surface area contributed by atoms with Gasteiger partial charge in [-0.15, -0.1) is 11.3 Å². The summed E-state index contributed by atoms with van der Waals surface area (Å²) >= 11 is 1.36. The van der Waals surface area contributed by atoms with E-state index in [1.807, 2.05) is 31.4 Å². The van der Waals surface area contributed by atoms with Gasteiger partial charge in [0, 0.05) is 12.3 Å². The molecule has 1 aliphatic rings. The van der Waals surface area contributed by atoms with E-state index in [1.54, 1.807) is 0 Å². The second-order valence-corrected chi connectivity index (χ2v) is 5.22. The quantitative estimate of drug-likeness (QED) is 0.777. The van der Waals surface area contributed by atoms with Crippen LogP contribution >= 0.6 is 11.3 Å².